The van der Waals surface area contributed by atoms with Gasteiger partial charge in [0.15, 0.2) is 0 Å². The van der Waals surface area contributed by atoms with E-state index in [1.165, 1.54) is 6.08 Å². The van der Waals surface area contributed by atoms with Gasteiger partial charge < -0.3 is 15.5 Å². The van der Waals surface area contributed by atoms with E-state index in [0.717, 1.165) is 6.08 Å². The van der Waals surface area contributed by atoms with Gasteiger partial charge in [-0.1, -0.05) is 35.3 Å². The van der Waals surface area contributed by atoms with Gasteiger partial charge in [-0.15, -0.1) is 0 Å². The van der Waals surface area contributed by atoms with Crippen molar-refractivity contribution in [1.29, 1.82) is 0 Å². The summed E-state index contributed by atoms with van der Waals surface area (Å²) in [7, 11) is 0. The Hall–Kier alpha value is -2.05. The van der Waals surface area contributed by atoms with Gasteiger partial charge >= 0.3 is 11.9 Å². The molecule has 0 aliphatic carbocycles. The highest BCUT2D eigenvalue weighted by molar-refractivity contribution is 6.42. The molecule has 0 spiro atoms. The average molecular weight is 332 g/mol. The third-order valence-corrected chi connectivity index (χ3v) is 3.22. The molecule has 6 nitrogen and oxygen atoms in total. The van der Waals surface area contributed by atoms with Crippen LogP contribution in [0.25, 0.3) is 6.08 Å². The molecular formula is C13H11Cl2NO5. The molecule has 1 atom stereocenters. The fraction of sp³-hybridized carbons (Fsp3) is 0.154. The zero-order chi connectivity index (χ0) is 16.0. The number of carbonyl (C=O) groups is 3. The normalized spacial score (nSPS) is 12.1. The number of carbonyl (C=O) groups excluding carboxylic acids is 1. The van der Waals surface area contributed by atoms with Crippen molar-refractivity contribution >= 4 is 47.1 Å². The average Bonchev–Trinajstić information content (AvgIpc) is 2.39. The predicted molar refractivity (Wildman–Crippen MR) is 77.3 cm³/mol. The highest BCUT2D eigenvalue weighted by atomic mass is 35.5. The summed E-state index contributed by atoms with van der Waals surface area (Å²) in [6.07, 6.45) is 1.69. The van der Waals surface area contributed by atoms with Crippen LogP contribution in [-0.2, 0) is 14.4 Å². The van der Waals surface area contributed by atoms with Crippen LogP contribution in [0.4, 0.5) is 0 Å². The maximum absolute atomic E-state index is 11.6. The summed E-state index contributed by atoms with van der Waals surface area (Å²) in [5.41, 5.74) is 0.476. The molecule has 8 heteroatoms. The maximum atomic E-state index is 11.6. The van der Waals surface area contributed by atoms with Crippen LogP contribution >= 0.6 is 23.2 Å². The first-order valence-electron chi connectivity index (χ1n) is 5.68. The monoisotopic (exact) mass is 331 g/mol. The second kappa shape index (κ2) is 7.66. The Labute approximate surface area is 130 Å². The van der Waals surface area contributed by atoms with Gasteiger partial charge in [-0.3, -0.25) is 9.59 Å². The molecule has 0 saturated heterocycles. The molecular weight excluding hydrogens is 321 g/mol. The number of hydrogen-bond acceptors (Lipinski definition) is 3. The van der Waals surface area contributed by atoms with Gasteiger partial charge in [0.25, 0.3) is 0 Å². The van der Waals surface area contributed by atoms with Gasteiger partial charge in [0.05, 0.1) is 16.5 Å². The van der Waals surface area contributed by atoms with Crippen molar-refractivity contribution in [3.8, 4) is 0 Å². The van der Waals surface area contributed by atoms with Crippen molar-refractivity contribution in [1.82, 2.24) is 5.32 Å². The lowest BCUT2D eigenvalue weighted by Gasteiger charge is -2.10. The minimum Gasteiger partial charge on any atom is -0.481 e. The van der Waals surface area contributed by atoms with Crippen LogP contribution in [0.1, 0.15) is 12.0 Å². The first-order valence-corrected chi connectivity index (χ1v) is 6.44. The Morgan fingerprint density at radius 3 is 2.48 bits per heavy atom. The summed E-state index contributed by atoms with van der Waals surface area (Å²) in [4.78, 5) is 32.9. The number of nitrogens with one attached hydrogen (secondary N) is 1. The Kier molecular flexibility index (Phi) is 6.20. The van der Waals surface area contributed by atoms with E-state index in [2.05, 4.69) is 5.32 Å². The van der Waals surface area contributed by atoms with E-state index in [-0.39, 0.29) is 5.02 Å². The van der Waals surface area contributed by atoms with Crippen LogP contribution in [0, 0.1) is 0 Å². The van der Waals surface area contributed by atoms with E-state index in [9.17, 15) is 14.4 Å². The third-order valence-electron chi connectivity index (χ3n) is 2.39. The van der Waals surface area contributed by atoms with Crippen LogP contribution in [0.15, 0.2) is 24.3 Å². The number of hydrogen-bond donors (Lipinski definition) is 3. The van der Waals surface area contributed by atoms with Crippen molar-refractivity contribution < 1.29 is 24.6 Å². The molecule has 0 aliphatic heterocycles. The van der Waals surface area contributed by atoms with Crippen LogP contribution in [0.5, 0.6) is 0 Å². The lowest BCUT2D eigenvalue weighted by Crippen LogP contribution is -2.41. The zero-order valence-corrected chi connectivity index (χ0v) is 12.1. The molecule has 1 aromatic carbocycles. The van der Waals surface area contributed by atoms with Crippen molar-refractivity contribution in [2.75, 3.05) is 0 Å². The summed E-state index contributed by atoms with van der Waals surface area (Å²) < 4.78 is 0. The standard InChI is InChI=1S/C13H11Cl2NO5/c14-8-3-1-2-7(12(8)15)4-5-10(17)16-9(13(20)21)6-11(18)19/h1-5,9H,6H2,(H,16,17)(H,18,19)(H,20,21)/b5-4+/t9-/m0/s1. The third kappa shape index (κ3) is 5.45. The molecule has 112 valence electrons. The quantitative estimate of drug-likeness (QED) is 0.692. The van der Waals surface area contributed by atoms with Crippen LogP contribution in [0.2, 0.25) is 10.0 Å². The number of benzene rings is 1. The summed E-state index contributed by atoms with van der Waals surface area (Å²) >= 11 is 11.7. The largest absolute Gasteiger partial charge is 0.481 e. The molecule has 0 fully saturated rings. The minimum atomic E-state index is -1.51. The number of halogens is 2. The Bertz CT molecular complexity index is 600. The van der Waals surface area contributed by atoms with E-state index in [1.54, 1.807) is 18.2 Å². The second-order valence-corrected chi connectivity index (χ2v) is 4.76. The zero-order valence-electron chi connectivity index (χ0n) is 10.5. The van der Waals surface area contributed by atoms with Crippen molar-refractivity contribution in [3.63, 3.8) is 0 Å². The Morgan fingerprint density at radius 2 is 1.90 bits per heavy atom. The number of amides is 1. The van der Waals surface area contributed by atoms with Gasteiger partial charge in [-0.25, -0.2) is 4.79 Å². The maximum Gasteiger partial charge on any atom is 0.326 e. The van der Waals surface area contributed by atoms with E-state index in [1.807, 2.05) is 0 Å². The molecule has 1 aromatic rings. The fourth-order valence-electron chi connectivity index (χ4n) is 1.41. The van der Waals surface area contributed by atoms with Gasteiger partial charge in [-0.05, 0) is 17.7 Å². The Balaban J connectivity index is 2.76. The van der Waals surface area contributed by atoms with E-state index >= 15 is 0 Å². The predicted octanol–water partition coefficient (Wildman–Crippen LogP) is 2.05. The lowest BCUT2D eigenvalue weighted by atomic mass is 10.2. The molecule has 0 heterocycles. The number of aliphatic carboxylic acids is 2. The van der Waals surface area contributed by atoms with Crippen LogP contribution in [0.3, 0.4) is 0 Å². The highest BCUT2D eigenvalue weighted by Crippen LogP contribution is 2.26. The molecule has 0 unspecified atom stereocenters. The van der Waals surface area contributed by atoms with Crippen LogP contribution < -0.4 is 5.32 Å². The topological polar surface area (TPSA) is 104 Å². The minimum absolute atomic E-state index is 0.253. The number of carboxylic acid groups (broad SMARTS) is 2. The molecule has 0 bridgehead atoms. The molecule has 21 heavy (non-hydrogen) atoms. The van der Waals surface area contributed by atoms with Gasteiger partial charge in [0.2, 0.25) is 5.91 Å². The van der Waals surface area contributed by atoms with Gasteiger partial charge in [0, 0.05) is 6.08 Å². The molecule has 0 aliphatic rings. The van der Waals surface area contributed by atoms with Crippen molar-refractivity contribution in [3.05, 3.63) is 39.9 Å². The van der Waals surface area contributed by atoms with Crippen molar-refractivity contribution in [2.24, 2.45) is 0 Å². The molecule has 3 N–H and O–H groups in total. The SMILES string of the molecule is O=C(O)C[C@H](NC(=O)/C=C/c1cccc(Cl)c1Cl)C(=O)O. The molecule has 0 radical (unpaired) electrons. The molecule has 0 aromatic heterocycles. The van der Waals surface area contributed by atoms with E-state index in [4.69, 9.17) is 33.4 Å². The van der Waals surface area contributed by atoms with Gasteiger partial charge in [-0.2, -0.15) is 0 Å². The van der Waals surface area contributed by atoms with Crippen molar-refractivity contribution in [2.45, 2.75) is 12.5 Å². The lowest BCUT2D eigenvalue weighted by molar-refractivity contribution is -0.146. The molecule has 1 rings (SSSR count). The summed E-state index contributed by atoms with van der Waals surface area (Å²) in [6, 6.07) is 3.32. The molecule has 0 saturated carbocycles. The fourth-order valence-corrected chi connectivity index (χ4v) is 1.78. The first-order chi connectivity index (χ1) is 9.81. The summed E-state index contributed by atoms with van der Waals surface area (Å²) in [5, 5.41) is 20.0. The second-order valence-electron chi connectivity index (χ2n) is 3.97. The van der Waals surface area contributed by atoms with Gasteiger partial charge in [0.1, 0.15) is 6.04 Å². The first kappa shape index (κ1) is 17.0. The summed E-state index contributed by atoms with van der Waals surface area (Å²) in [5.74, 6) is -3.51. The van der Waals surface area contributed by atoms with E-state index < -0.39 is 30.3 Å². The molecule has 1 amide bonds. The summed E-state index contributed by atoms with van der Waals surface area (Å²) in [6.45, 7) is 0. The highest BCUT2D eigenvalue weighted by Gasteiger charge is 2.21. The Morgan fingerprint density at radius 1 is 1.24 bits per heavy atom. The number of carboxylic acids is 2. The smallest absolute Gasteiger partial charge is 0.326 e. The number of rotatable bonds is 6. The van der Waals surface area contributed by atoms with Crippen LogP contribution in [-0.4, -0.2) is 34.1 Å². The van der Waals surface area contributed by atoms with E-state index in [0.29, 0.717) is 10.6 Å².